The standard InChI is InChI=1S/C41H29N3S/c1-28-23-24-29-25-26-40(42-33(29)27-28)41(44-36-19-9-11-21-38(36)45-39-22-12-10-20-37(39)44)31-15-5-7-17-34(31)43(30-13-3-2-4-14-30)35-18-8-6-16-32(35)41/h2-27H,1H3. The van der Waals surface area contributed by atoms with Gasteiger partial charge in [0.25, 0.3) is 0 Å². The normalized spacial score (nSPS) is 14.3. The Morgan fingerprint density at radius 3 is 1.71 bits per heavy atom. The van der Waals surface area contributed by atoms with Gasteiger partial charge in [0.1, 0.15) is 5.54 Å². The van der Waals surface area contributed by atoms with Crippen LogP contribution in [0, 0.1) is 6.92 Å². The van der Waals surface area contributed by atoms with E-state index in [9.17, 15) is 0 Å². The highest BCUT2D eigenvalue weighted by atomic mass is 32.2. The maximum Gasteiger partial charge on any atom is 0.142 e. The third kappa shape index (κ3) is 3.82. The van der Waals surface area contributed by atoms with E-state index in [0.717, 1.165) is 33.7 Å². The van der Waals surface area contributed by atoms with Crippen molar-refractivity contribution in [1.82, 2.24) is 4.98 Å². The van der Waals surface area contributed by atoms with E-state index < -0.39 is 5.54 Å². The molecular weight excluding hydrogens is 567 g/mol. The zero-order valence-electron chi connectivity index (χ0n) is 24.8. The minimum Gasteiger partial charge on any atom is -0.319 e. The molecule has 0 N–H and O–H groups in total. The van der Waals surface area contributed by atoms with Gasteiger partial charge in [-0.25, -0.2) is 4.98 Å². The lowest BCUT2D eigenvalue weighted by Crippen LogP contribution is -2.50. The molecule has 0 saturated carbocycles. The molecule has 4 heteroatoms. The van der Waals surface area contributed by atoms with Crippen molar-refractivity contribution in [2.45, 2.75) is 22.3 Å². The second-order valence-corrected chi connectivity index (χ2v) is 12.8. The number of para-hydroxylation sites is 5. The van der Waals surface area contributed by atoms with Crippen molar-refractivity contribution in [3.05, 3.63) is 180 Å². The first-order chi connectivity index (χ1) is 22.2. The molecular formula is C41H29N3S. The number of fused-ring (bicyclic) bond motifs is 5. The minimum atomic E-state index is -0.788. The summed E-state index contributed by atoms with van der Waals surface area (Å²) in [7, 11) is 0. The molecule has 0 spiro atoms. The van der Waals surface area contributed by atoms with Crippen LogP contribution in [0.4, 0.5) is 28.4 Å². The number of hydrogen-bond acceptors (Lipinski definition) is 4. The van der Waals surface area contributed by atoms with Crippen LogP contribution in [-0.2, 0) is 5.54 Å². The first-order valence-corrected chi connectivity index (χ1v) is 16.1. The van der Waals surface area contributed by atoms with E-state index in [1.807, 2.05) is 11.8 Å². The molecule has 6 aromatic carbocycles. The molecule has 0 saturated heterocycles. The average Bonchev–Trinajstić information content (AvgIpc) is 3.10. The van der Waals surface area contributed by atoms with E-state index in [-0.39, 0.29) is 0 Å². The largest absolute Gasteiger partial charge is 0.319 e. The highest BCUT2D eigenvalue weighted by Crippen LogP contribution is 2.62. The lowest BCUT2D eigenvalue weighted by atomic mass is 9.72. The molecule has 2 aliphatic heterocycles. The molecule has 0 atom stereocenters. The van der Waals surface area contributed by atoms with Crippen molar-refractivity contribution in [3.8, 4) is 0 Å². The van der Waals surface area contributed by atoms with Crippen molar-refractivity contribution in [2.24, 2.45) is 0 Å². The number of benzene rings is 6. The molecule has 0 amide bonds. The SMILES string of the molecule is Cc1ccc2ccc(C3(N4c5ccccc5Sc5ccccc54)c4ccccc4N(c4ccccc4)c4ccccc43)nc2c1. The smallest absolute Gasteiger partial charge is 0.142 e. The molecule has 7 aromatic rings. The van der Waals surface area contributed by atoms with E-state index in [2.05, 4.69) is 174 Å². The molecule has 0 fully saturated rings. The number of pyridine rings is 1. The summed E-state index contributed by atoms with van der Waals surface area (Å²) in [5.41, 5.74) is 10.5. The van der Waals surface area contributed by atoms with Crippen molar-refractivity contribution < 1.29 is 0 Å². The summed E-state index contributed by atoms with van der Waals surface area (Å²) >= 11 is 1.84. The van der Waals surface area contributed by atoms with E-state index in [0.29, 0.717) is 0 Å². The van der Waals surface area contributed by atoms with E-state index in [1.165, 1.54) is 37.9 Å². The molecule has 3 heterocycles. The molecule has 2 aliphatic rings. The first-order valence-electron chi connectivity index (χ1n) is 15.3. The Hall–Kier alpha value is -5.32. The van der Waals surface area contributed by atoms with Crippen LogP contribution in [-0.4, -0.2) is 4.98 Å². The van der Waals surface area contributed by atoms with E-state index >= 15 is 0 Å². The van der Waals surface area contributed by atoms with Gasteiger partial charge in [-0.15, -0.1) is 0 Å². The highest BCUT2D eigenvalue weighted by Gasteiger charge is 2.52. The average molecular weight is 596 g/mol. The van der Waals surface area contributed by atoms with Gasteiger partial charge in [-0.1, -0.05) is 109 Å². The van der Waals surface area contributed by atoms with E-state index in [4.69, 9.17) is 4.98 Å². The molecule has 1 aromatic heterocycles. The summed E-state index contributed by atoms with van der Waals surface area (Å²) < 4.78 is 0. The van der Waals surface area contributed by atoms with Gasteiger partial charge in [0.15, 0.2) is 0 Å². The predicted molar refractivity (Wildman–Crippen MR) is 187 cm³/mol. The molecule has 9 rings (SSSR count). The number of anilines is 5. The molecule has 0 radical (unpaired) electrons. The molecule has 0 unspecified atom stereocenters. The zero-order chi connectivity index (χ0) is 30.0. The Labute approximate surface area is 267 Å². The van der Waals surface area contributed by atoms with Gasteiger partial charge in [0.05, 0.1) is 34.0 Å². The number of rotatable bonds is 3. The van der Waals surface area contributed by atoms with Crippen molar-refractivity contribution >= 4 is 51.1 Å². The Morgan fingerprint density at radius 1 is 0.533 bits per heavy atom. The van der Waals surface area contributed by atoms with Gasteiger partial charge in [0.2, 0.25) is 0 Å². The Balaban J connectivity index is 1.47. The third-order valence-corrected chi connectivity index (χ3v) is 10.2. The van der Waals surface area contributed by atoms with Crippen molar-refractivity contribution in [2.75, 3.05) is 9.80 Å². The van der Waals surface area contributed by atoms with E-state index in [1.54, 1.807) is 0 Å². The second kappa shape index (κ2) is 10.1. The number of hydrogen-bond donors (Lipinski definition) is 0. The van der Waals surface area contributed by atoms with Gasteiger partial charge in [-0.2, -0.15) is 0 Å². The lowest BCUT2D eigenvalue weighted by Gasteiger charge is -2.53. The zero-order valence-corrected chi connectivity index (χ0v) is 25.6. The molecule has 0 bridgehead atoms. The summed E-state index contributed by atoms with van der Waals surface area (Å²) in [6, 6.07) is 57.1. The van der Waals surface area contributed by atoms with Gasteiger partial charge >= 0.3 is 0 Å². The third-order valence-electron chi connectivity index (χ3n) is 9.07. The Bertz CT molecular complexity index is 2150. The highest BCUT2D eigenvalue weighted by molar-refractivity contribution is 7.99. The second-order valence-electron chi connectivity index (χ2n) is 11.7. The number of nitrogens with zero attached hydrogens (tertiary/aromatic N) is 3. The first kappa shape index (κ1) is 26.1. The van der Waals surface area contributed by atoms with Crippen LogP contribution in [0.1, 0.15) is 22.4 Å². The van der Waals surface area contributed by atoms with Crippen LogP contribution in [0.2, 0.25) is 0 Å². The van der Waals surface area contributed by atoms with Crippen LogP contribution in [0.25, 0.3) is 10.9 Å². The van der Waals surface area contributed by atoms with Crippen molar-refractivity contribution in [1.29, 1.82) is 0 Å². The molecule has 214 valence electrons. The molecule has 45 heavy (non-hydrogen) atoms. The summed E-state index contributed by atoms with van der Waals surface area (Å²) in [4.78, 5) is 13.0. The van der Waals surface area contributed by atoms with Gasteiger partial charge in [-0.3, -0.25) is 0 Å². The maximum atomic E-state index is 5.58. The molecule has 3 nitrogen and oxygen atoms in total. The predicted octanol–water partition coefficient (Wildman–Crippen LogP) is 10.9. The fourth-order valence-corrected chi connectivity index (χ4v) is 8.26. The molecule has 0 aliphatic carbocycles. The fourth-order valence-electron chi connectivity index (χ4n) is 7.21. The van der Waals surface area contributed by atoms with Gasteiger partial charge in [-0.05, 0) is 73.2 Å². The Morgan fingerprint density at radius 2 is 1.07 bits per heavy atom. The topological polar surface area (TPSA) is 19.4 Å². The summed E-state index contributed by atoms with van der Waals surface area (Å²) in [5.74, 6) is 0. The van der Waals surface area contributed by atoms with Crippen LogP contribution in [0.3, 0.4) is 0 Å². The lowest BCUT2D eigenvalue weighted by molar-refractivity contribution is 0.594. The number of aryl methyl sites for hydroxylation is 1. The summed E-state index contributed by atoms with van der Waals surface area (Å²) in [5, 5.41) is 1.14. The quantitative estimate of drug-likeness (QED) is 0.202. The van der Waals surface area contributed by atoms with Crippen molar-refractivity contribution in [3.63, 3.8) is 0 Å². The Kier molecular flexibility index (Phi) is 5.87. The monoisotopic (exact) mass is 595 g/mol. The van der Waals surface area contributed by atoms with Gasteiger partial charge in [0, 0.05) is 32.0 Å². The number of aromatic nitrogens is 1. The summed E-state index contributed by atoms with van der Waals surface area (Å²) in [6.45, 7) is 2.14. The maximum absolute atomic E-state index is 5.58. The van der Waals surface area contributed by atoms with Crippen LogP contribution in [0.5, 0.6) is 0 Å². The fraction of sp³-hybridized carbons (Fsp3) is 0.0488. The summed E-state index contributed by atoms with van der Waals surface area (Å²) in [6.07, 6.45) is 0. The van der Waals surface area contributed by atoms with Gasteiger partial charge < -0.3 is 9.80 Å². The van der Waals surface area contributed by atoms with Crippen LogP contribution < -0.4 is 9.80 Å². The van der Waals surface area contributed by atoms with Crippen LogP contribution in [0.15, 0.2) is 168 Å². The minimum absolute atomic E-state index is 0.788. The van der Waals surface area contributed by atoms with Crippen LogP contribution >= 0.6 is 11.8 Å².